The molecule has 0 amide bonds. The van der Waals surface area contributed by atoms with E-state index in [1.165, 1.54) is 24.3 Å². The van der Waals surface area contributed by atoms with Gasteiger partial charge in [0.15, 0.2) is 6.29 Å². The fraction of sp³-hybridized carbons (Fsp3) is 0.222. The van der Waals surface area contributed by atoms with E-state index in [1.54, 1.807) is 24.3 Å². The maximum atomic E-state index is 12.8. The van der Waals surface area contributed by atoms with Crippen LogP contribution in [0.15, 0.2) is 65.2 Å². The molecule has 0 atom stereocenters. The first-order valence-corrected chi connectivity index (χ1v) is 12.2. The summed E-state index contributed by atoms with van der Waals surface area (Å²) in [5.41, 5.74) is 1.19. The van der Waals surface area contributed by atoms with Gasteiger partial charge in [-0.3, -0.25) is 19.8 Å². The topological polar surface area (TPSA) is 126 Å². The number of phenolic OH excluding ortho intramolecular Hbond substituents is 1. The van der Waals surface area contributed by atoms with Crippen LogP contribution in [0.4, 0.5) is 24.5 Å². The lowest BCUT2D eigenvalue weighted by atomic mass is 10.1. The number of piperazine rings is 1. The molecule has 5 rings (SSSR count). The summed E-state index contributed by atoms with van der Waals surface area (Å²) < 4.78 is 43.8. The number of rotatable bonds is 7. The molecular weight excluding hydrogens is 531 g/mol. The fourth-order valence-corrected chi connectivity index (χ4v) is 4.54. The van der Waals surface area contributed by atoms with Crippen LogP contribution >= 0.6 is 0 Å². The zero-order valence-corrected chi connectivity index (χ0v) is 20.8. The molecule has 0 saturated carbocycles. The van der Waals surface area contributed by atoms with Crippen LogP contribution in [0.25, 0.3) is 22.8 Å². The number of hydrogen-bond donors (Lipinski definition) is 1. The quantitative estimate of drug-likeness (QED) is 0.187. The molecule has 0 bridgehead atoms. The Labute approximate surface area is 225 Å². The van der Waals surface area contributed by atoms with Crippen LogP contribution in [0.3, 0.4) is 0 Å². The fourth-order valence-electron chi connectivity index (χ4n) is 4.54. The molecule has 0 spiro atoms. The second kappa shape index (κ2) is 10.8. The molecule has 1 aromatic heterocycles. The Bertz CT molecular complexity index is 1550. The predicted octanol–water partition coefficient (Wildman–Crippen LogP) is 5.17. The minimum atomic E-state index is -4.47. The molecule has 3 aromatic carbocycles. The van der Waals surface area contributed by atoms with Gasteiger partial charge in [-0.1, -0.05) is 23.4 Å². The van der Waals surface area contributed by atoms with Crippen molar-refractivity contribution in [2.45, 2.75) is 12.7 Å². The highest BCUT2D eigenvalue weighted by molar-refractivity contribution is 5.79. The summed E-state index contributed by atoms with van der Waals surface area (Å²) in [5, 5.41) is 25.5. The lowest BCUT2D eigenvalue weighted by Crippen LogP contribution is -2.46. The number of benzene rings is 3. The third-order valence-electron chi connectivity index (χ3n) is 6.65. The SMILES string of the molecule is O=Cc1cc(CN2CCN(c3ccc(-c4nc(-c5ccc(C(F)(F)F)cc5)no4)cc3[N+](=O)[O-])CC2)ccc1O. The Morgan fingerprint density at radius 1 is 1.00 bits per heavy atom. The van der Waals surface area contributed by atoms with Gasteiger partial charge in [0, 0.05) is 49.9 Å². The highest BCUT2D eigenvalue weighted by Crippen LogP contribution is 2.35. The van der Waals surface area contributed by atoms with E-state index in [1.807, 2.05) is 4.90 Å². The number of aromatic hydroxyl groups is 1. The summed E-state index contributed by atoms with van der Waals surface area (Å²) >= 11 is 0. The van der Waals surface area contributed by atoms with Gasteiger partial charge in [0.2, 0.25) is 5.82 Å². The van der Waals surface area contributed by atoms with Crippen molar-refractivity contribution in [2.75, 3.05) is 31.1 Å². The summed E-state index contributed by atoms with van der Waals surface area (Å²) in [7, 11) is 0. The first kappa shape index (κ1) is 26.8. The standard InChI is InChI=1S/C27H22F3N5O5/c28-27(29,30)21-5-2-18(3-6-21)25-31-26(40-32-25)19-4-7-22(23(14-19)35(38)39)34-11-9-33(10-12-34)15-17-1-8-24(37)20(13-17)16-36/h1-8,13-14,16,37H,9-12,15H2. The molecular formula is C27H22F3N5O5. The molecule has 1 N–H and O–H groups in total. The Morgan fingerprint density at radius 3 is 2.35 bits per heavy atom. The van der Waals surface area contributed by atoms with Crippen LogP contribution in [-0.4, -0.2) is 57.5 Å². The van der Waals surface area contributed by atoms with E-state index in [4.69, 9.17) is 4.52 Å². The number of aromatic nitrogens is 2. The average molecular weight is 553 g/mol. The molecule has 206 valence electrons. The van der Waals surface area contributed by atoms with Gasteiger partial charge in [-0.2, -0.15) is 18.2 Å². The second-order valence-corrected chi connectivity index (χ2v) is 9.23. The van der Waals surface area contributed by atoms with Crippen LogP contribution in [-0.2, 0) is 12.7 Å². The zero-order chi connectivity index (χ0) is 28.4. The summed E-state index contributed by atoms with van der Waals surface area (Å²) in [5.74, 6) is -0.0194. The van der Waals surface area contributed by atoms with E-state index in [2.05, 4.69) is 15.0 Å². The molecule has 10 nitrogen and oxygen atoms in total. The van der Waals surface area contributed by atoms with Gasteiger partial charge >= 0.3 is 6.18 Å². The van der Waals surface area contributed by atoms with Crippen LogP contribution in [0.5, 0.6) is 5.75 Å². The van der Waals surface area contributed by atoms with E-state index in [9.17, 15) is 33.2 Å². The number of phenols is 1. The second-order valence-electron chi connectivity index (χ2n) is 9.23. The van der Waals surface area contributed by atoms with E-state index >= 15 is 0 Å². The van der Waals surface area contributed by atoms with Gasteiger partial charge in [0.1, 0.15) is 11.4 Å². The van der Waals surface area contributed by atoms with Crippen LogP contribution in [0.2, 0.25) is 0 Å². The van der Waals surface area contributed by atoms with Crippen molar-refractivity contribution in [3.05, 3.63) is 87.5 Å². The Balaban J connectivity index is 1.29. The zero-order valence-electron chi connectivity index (χ0n) is 20.8. The van der Waals surface area contributed by atoms with Gasteiger partial charge in [-0.15, -0.1) is 0 Å². The summed E-state index contributed by atoms with van der Waals surface area (Å²) in [6.45, 7) is 2.86. The smallest absolute Gasteiger partial charge is 0.416 e. The van der Waals surface area contributed by atoms with Gasteiger partial charge in [-0.05, 0) is 42.0 Å². The first-order valence-electron chi connectivity index (χ1n) is 12.2. The van der Waals surface area contributed by atoms with Crippen molar-refractivity contribution in [1.82, 2.24) is 15.0 Å². The molecule has 40 heavy (non-hydrogen) atoms. The number of nitrogens with zero attached hydrogens (tertiary/aromatic N) is 5. The molecule has 0 radical (unpaired) electrons. The molecule has 13 heteroatoms. The van der Waals surface area contributed by atoms with E-state index in [-0.39, 0.29) is 28.7 Å². The number of alkyl halides is 3. The van der Waals surface area contributed by atoms with Crippen LogP contribution in [0, 0.1) is 10.1 Å². The van der Waals surface area contributed by atoms with E-state index in [0.29, 0.717) is 55.8 Å². The molecule has 2 heterocycles. The van der Waals surface area contributed by atoms with Gasteiger partial charge in [0.05, 0.1) is 16.1 Å². The predicted molar refractivity (Wildman–Crippen MR) is 138 cm³/mol. The highest BCUT2D eigenvalue weighted by atomic mass is 19.4. The minimum Gasteiger partial charge on any atom is -0.507 e. The average Bonchev–Trinajstić information content (AvgIpc) is 3.44. The largest absolute Gasteiger partial charge is 0.507 e. The molecule has 0 aliphatic carbocycles. The van der Waals surface area contributed by atoms with Crippen molar-refractivity contribution in [1.29, 1.82) is 0 Å². The number of nitro groups is 1. The normalized spacial score (nSPS) is 14.3. The number of anilines is 1. The van der Waals surface area contributed by atoms with Crippen molar-refractivity contribution in [3.8, 4) is 28.6 Å². The number of nitro benzene ring substituents is 1. The Hall–Kier alpha value is -4.78. The maximum Gasteiger partial charge on any atom is 0.416 e. The minimum absolute atomic E-state index is 0.00189. The van der Waals surface area contributed by atoms with Crippen molar-refractivity contribution in [2.24, 2.45) is 0 Å². The number of halogens is 3. The third kappa shape index (κ3) is 5.64. The molecule has 1 fully saturated rings. The van der Waals surface area contributed by atoms with Crippen molar-refractivity contribution >= 4 is 17.7 Å². The lowest BCUT2D eigenvalue weighted by Gasteiger charge is -2.35. The number of carbonyl (C=O) groups excluding carboxylic acids is 1. The van der Waals surface area contributed by atoms with E-state index in [0.717, 1.165) is 17.7 Å². The molecule has 0 unspecified atom stereocenters. The van der Waals surface area contributed by atoms with Gasteiger partial charge in [0.25, 0.3) is 11.6 Å². The number of aldehydes is 1. The van der Waals surface area contributed by atoms with Crippen LogP contribution in [0.1, 0.15) is 21.5 Å². The third-order valence-corrected chi connectivity index (χ3v) is 6.65. The molecule has 4 aromatic rings. The van der Waals surface area contributed by atoms with Crippen LogP contribution < -0.4 is 4.90 Å². The summed E-state index contributed by atoms with van der Waals surface area (Å²) in [6, 6.07) is 13.7. The van der Waals surface area contributed by atoms with E-state index < -0.39 is 16.7 Å². The Morgan fingerprint density at radius 2 is 1.70 bits per heavy atom. The first-order chi connectivity index (χ1) is 19.1. The van der Waals surface area contributed by atoms with Crippen molar-refractivity contribution in [3.63, 3.8) is 0 Å². The summed E-state index contributed by atoms with van der Waals surface area (Å²) in [6.07, 6.45) is -3.87. The Kier molecular flexibility index (Phi) is 7.22. The summed E-state index contributed by atoms with van der Waals surface area (Å²) in [4.78, 5) is 30.8. The van der Waals surface area contributed by atoms with Crippen molar-refractivity contribution < 1.29 is 32.5 Å². The number of hydrogen-bond acceptors (Lipinski definition) is 9. The molecule has 1 aliphatic heterocycles. The molecule has 1 saturated heterocycles. The number of carbonyl (C=O) groups is 1. The monoisotopic (exact) mass is 553 g/mol. The van der Waals surface area contributed by atoms with Gasteiger partial charge in [-0.25, -0.2) is 0 Å². The lowest BCUT2D eigenvalue weighted by molar-refractivity contribution is -0.384. The molecule has 1 aliphatic rings. The van der Waals surface area contributed by atoms with Gasteiger partial charge < -0.3 is 14.5 Å². The highest BCUT2D eigenvalue weighted by Gasteiger charge is 2.30. The maximum absolute atomic E-state index is 12.8.